The van der Waals surface area contributed by atoms with E-state index in [9.17, 15) is 14.4 Å². The highest BCUT2D eigenvalue weighted by molar-refractivity contribution is 9.11. The number of hydrogen-bond acceptors (Lipinski definition) is 5. The standard InChI is InChI=1S/C18H9Br3O5/c19-11-3-1-9(2-4-11)15(22)8-25-17(23)13-6-10-5-12(20)7-14(21)16(10)26-18(13)24/h1-7H,8H2. The smallest absolute Gasteiger partial charge is 0.351 e. The van der Waals surface area contributed by atoms with Crippen molar-refractivity contribution in [2.24, 2.45) is 0 Å². The number of ketones is 1. The molecule has 0 N–H and O–H groups in total. The minimum absolute atomic E-state index is 0.272. The highest BCUT2D eigenvalue weighted by Crippen LogP contribution is 2.28. The van der Waals surface area contributed by atoms with Crippen LogP contribution in [-0.2, 0) is 4.74 Å². The van der Waals surface area contributed by atoms with E-state index in [4.69, 9.17) is 9.15 Å². The summed E-state index contributed by atoms with van der Waals surface area (Å²) in [6, 6.07) is 11.4. The molecule has 0 amide bonds. The highest BCUT2D eigenvalue weighted by atomic mass is 79.9. The van der Waals surface area contributed by atoms with Crippen LogP contribution < -0.4 is 5.63 Å². The summed E-state index contributed by atoms with van der Waals surface area (Å²) in [5.41, 5.74) is -0.382. The number of benzene rings is 2. The molecule has 132 valence electrons. The molecule has 3 aromatic rings. The van der Waals surface area contributed by atoms with Gasteiger partial charge in [0.05, 0.1) is 4.47 Å². The summed E-state index contributed by atoms with van der Waals surface area (Å²) in [5.74, 6) is -1.29. The molecule has 0 radical (unpaired) electrons. The Morgan fingerprint density at radius 1 is 0.962 bits per heavy atom. The molecule has 0 unspecified atom stereocenters. The molecule has 3 rings (SSSR count). The van der Waals surface area contributed by atoms with Gasteiger partial charge in [0.1, 0.15) is 5.56 Å². The van der Waals surface area contributed by atoms with Crippen LogP contribution in [0.25, 0.3) is 11.0 Å². The molecule has 8 heteroatoms. The van der Waals surface area contributed by atoms with E-state index in [-0.39, 0.29) is 11.3 Å². The van der Waals surface area contributed by atoms with E-state index < -0.39 is 18.2 Å². The molecular formula is C18H9Br3O5. The van der Waals surface area contributed by atoms with Gasteiger partial charge in [-0.15, -0.1) is 0 Å². The van der Waals surface area contributed by atoms with Crippen LogP contribution >= 0.6 is 47.8 Å². The predicted octanol–water partition coefficient (Wildman–Crippen LogP) is 5.12. The zero-order chi connectivity index (χ0) is 18.8. The van der Waals surface area contributed by atoms with Gasteiger partial charge in [-0.1, -0.05) is 44.0 Å². The Kier molecular flexibility index (Phi) is 5.74. The van der Waals surface area contributed by atoms with E-state index in [1.807, 2.05) is 0 Å². The minimum Gasteiger partial charge on any atom is -0.453 e. The lowest BCUT2D eigenvalue weighted by atomic mass is 10.1. The van der Waals surface area contributed by atoms with E-state index in [0.29, 0.717) is 21.0 Å². The third-order valence-electron chi connectivity index (χ3n) is 3.47. The molecule has 0 atom stereocenters. The fourth-order valence-corrected chi connectivity index (χ4v) is 3.83. The van der Waals surface area contributed by atoms with E-state index in [0.717, 1.165) is 8.95 Å². The Labute approximate surface area is 172 Å². The van der Waals surface area contributed by atoms with Gasteiger partial charge in [-0.05, 0) is 46.3 Å². The maximum absolute atomic E-state index is 12.2. The second-order valence-corrected chi connectivity index (χ2v) is 7.95. The first-order chi connectivity index (χ1) is 12.3. The van der Waals surface area contributed by atoms with Crippen molar-refractivity contribution in [3.63, 3.8) is 0 Å². The number of fused-ring (bicyclic) bond motifs is 1. The van der Waals surface area contributed by atoms with Crippen LogP contribution in [0.15, 0.2) is 65.1 Å². The van der Waals surface area contributed by atoms with Gasteiger partial charge in [0.15, 0.2) is 18.0 Å². The topological polar surface area (TPSA) is 73.6 Å². The van der Waals surface area contributed by atoms with Crippen LogP contribution in [-0.4, -0.2) is 18.4 Å². The van der Waals surface area contributed by atoms with Crippen molar-refractivity contribution in [1.29, 1.82) is 0 Å². The molecule has 26 heavy (non-hydrogen) atoms. The quantitative estimate of drug-likeness (QED) is 0.259. The Morgan fingerprint density at radius 3 is 2.35 bits per heavy atom. The lowest BCUT2D eigenvalue weighted by Gasteiger charge is -2.06. The molecule has 0 saturated carbocycles. The summed E-state index contributed by atoms with van der Waals surface area (Å²) >= 11 is 9.90. The molecule has 1 heterocycles. The summed E-state index contributed by atoms with van der Waals surface area (Å²) in [7, 11) is 0. The van der Waals surface area contributed by atoms with Gasteiger partial charge in [0.2, 0.25) is 0 Å². The van der Waals surface area contributed by atoms with Crippen LogP contribution in [0, 0.1) is 0 Å². The number of carbonyl (C=O) groups is 2. The molecule has 0 fully saturated rings. The van der Waals surface area contributed by atoms with Gasteiger partial charge in [-0.3, -0.25) is 4.79 Å². The van der Waals surface area contributed by atoms with E-state index in [1.165, 1.54) is 6.07 Å². The molecule has 0 saturated heterocycles. The van der Waals surface area contributed by atoms with Gasteiger partial charge in [-0.2, -0.15) is 0 Å². The molecule has 5 nitrogen and oxygen atoms in total. The molecular weight excluding hydrogens is 536 g/mol. The maximum Gasteiger partial charge on any atom is 0.351 e. The van der Waals surface area contributed by atoms with Crippen LogP contribution in [0.4, 0.5) is 0 Å². The second-order valence-electron chi connectivity index (χ2n) is 5.26. The van der Waals surface area contributed by atoms with Gasteiger partial charge in [0, 0.05) is 19.9 Å². The molecule has 0 aliphatic rings. The number of carbonyl (C=O) groups excluding carboxylic acids is 2. The van der Waals surface area contributed by atoms with Crippen molar-refractivity contribution >= 4 is 70.5 Å². The number of halogens is 3. The van der Waals surface area contributed by atoms with Crippen molar-refractivity contribution in [3.8, 4) is 0 Å². The lowest BCUT2D eigenvalue weighted by Crippen LogP contribution is -2.20. The van der Waals surface area contributed by atoms with E-state index in [1.54, 1.807) is 36.4 Å². The fourth-order valence-electron chi connectivity index (χ4n) is 2.23. The number of Topliss-reactive ketones (excluding diaryl/α,β-unsaturated/α-hetero) is 1. The minimum atomic E-state index is -0.915. The van der Waals surface area contributed by atoms with Crippen LogP contribution in [0.2, 0.25) is 0 Å². The molecule has 0 aliphatic carbocycles. The molecule has 0 aliphatic heterocycles. The van der Waals surface area contributed by atoms with Crippen molar-refractivity contribution in [3.05, 3.63) is 77.4 Å². The molecule has 0 spiro atoms. The first-order valence-corrected chi connectivity index (χ1v) is 9.62. The van der Waals surface area contributed by atoms with Crippen molar-refractivity contribution in [2.75, 3.05) is 6.61 Å². The second kappa shape index (κ2) is 7.85. The first kappa shape index (κ1) is 19.0. The Bertz CT molecular complexity index is 1070. The third kappa shape index (κ3) is 4.13. The monoisotopic (exact) mass is 542 g/mol. The van der Waals surface area contributed by atoms with Crippen molar-refractivity contribution in [2.45, 2.75) is 0 Å². The third-order valence-corrected chi connectivity index (χ3v) is 5.05. The normalized spacial score (nSPS) is 10.7. The summed E-state index contributed by atoms with van der Waals surface area (Å²) in [6.45, 7) is -0.472. The highest BCUT2D eigenvalue weighted by Gasteiger charge is 2.18. The number of ether oxygens (including phenoxy) is 1. The summed E-state index contributed by atoms with van der Waals surface area (Å²) in [4.78, 5) is 36.3. The van der Waals surface area contributed by atoms with E-state index >= 15 is 0 Å². The largest absolute Gasteiger partial charge is 0.453 e. The summed E-state index contributed by atoms with van der Waals surface area (Å²) < 4.78 is 12.3. The molecule has 1 aromatic heterocycles. The SMILES string of the molecule is O=C(COC(=O)c1cc2cc(Br)cc(Br)c2oc1=O)c1ccc(Br)cc1. The average Bonchev–Trinajstić information content (AvgIpc) is 2.60. The van der Waals surface area contributed by atoms with Gasteiger partial charge in [-0.25, -0.2) is 9.59 Å². The van der Waals surface area contributed by atoms with Crippen molar-refractivity contribution in [1.82, 2.24) is 0 Å². The zero-order valence-electron chi connectivity index (χ0n) is 12.9. The van der Waals surface area contributed by atoms with E-state index in [2.05, 4.69) is 47.8 Å². The van der Waals surface area contributed by atoms with Gasteiger partial charge >= 0.3 is 11.6 Å². The molecule has 0 bridgehead atoms. The number of esters is 1. The predicted molar refractivity (Wildman–Crippen MR) is 107 cm³/mol. The first-order valence-electron chi connectivity index (χ1n) is 7.24. The van der Waals surface area contributed by atoms with Crippen LogP contribution in [0.1, 0.15) is 20.7 Å². The van der Waals surface area contributed by atoms with Gasteiger partial charge in [0.25, 0.3) is 0 Å². The Hall–Kier alpha value is -1.77. The fraction of sp³-hybridized carbons (Fsp3) is 0.0556. The maximum atomic E-state index is 12.2. The van der Waals surface area contributed by atoms with Crippen molar-refractivity contribution < 1.29 is 18.7 Å². The van der Waals surface area contributed by atoms with Crippen LogP contribution in [0.5, 0.6) is 0 Å². The average molecular weight is 545 g/mol. The summed E-state index contributed by atoms with van der Waals surface area (Å²) in [6.07, 6.45) is 0. The zero-order valence-corrected chi connectivity index (χ0v) is 17.7. The number of rotatable bonds is 4. The molecule has 2 aromatic carbocycles. The summed E-state index contributed by atoms with van der Waals surface area (Å²) in [5, 5.41) is 0.539. The Balaban J connectivity index is 1.81. The lowest BCUT2D eigenvalue weighted by molar-refractivity contribution is 0.0470. The van der Waals surface area contributed by atoms with Gasteiger partial charge < -0.3 is 9.15 Å². The van der Waals surface area contributed by atoms with Crippen LogP contribution in [0.3, 0.4) is 0 Å². The Morgan fingerprint density at radius 2 is 1.65 bits per heavy atom. The number of hydrogen-bond donors (Lipinski definition) is 0.